The zero-order chi connectivity index (χ0) is 15.7. The van der Waals surface area contributed by atoms with Crippen molar-refractivity contribution in [2.24, 2.45) is 5.92 Å². The number of aliphatic hydroxyl groups is 1. The molecule has 0 aliphatic heterocycles. The van der Waals surface area contributed by atoms with E-state index in [0.717, 1.165) is 41.7 Å². The van der Waals surface area contributed by atoms with Gasteiger partial charge in [-0.15, -0.1) is 0 Å². The summed E-state index contributed by atoms with van der Waals surface area (Å²) in [5.41, 5.74) is 1.99. The van der Waals surface area contributed by atoms with Crippen LogP contribution in [0.4, 0.5) is 0 Å². The Labute approximate surface area is 130 Å². The molecule has 1 aliphatic rings. The van der Waals surface area contributed by atoms with Crippen LogP contribution in [0.2, 0.25) is 0 Å². The summed E-state index contributed by atoms with van der Waals surface area (Å²) in [7, 11) is 0. The molecule has 3 rings (SSSR count). The van der Waals surface area contributed by atoms with E-state index >= 15 is 0 Å². The number of hydrogen-bond acceptors (Lipinski definition) is 5. The van der Waals surface area contributed by atoms with E-state index in [9.17, 15) is 5.11 Å². The van der Waals surface area contributed by atoms with Gasteiger partial charge in [0, 0.05) is 12.0 Å². The number of pyridine rings is 1. The standard InChI is InChI=1S/C17H23N3O2/c1-11(2)4-5-22-13-6-14-16(18-9-13)15(20-10-19-14)12-7-17(3,21)8-12/h6,9-12,21H,4-5,7-8H2,1-3H3. The van der Waals surface area contributed by atoms with Crippen LogP contribution in [0.15, 0.2) is 18.6 Å². The number of rotatable bonds is 5. The smallest absolute Gasteiger partial charge is 0.139 e. The highest BCUT2D eigenvalue weighted by Crippen LogP contribution is 2.44. The highest BCUT2D eigenvalue weighted by molar-refractivity contribution is 5.78. The van der Waals surface area contributed by atoms with Crippen molar-refractivity contribution in [1.82, 2.24) is 15.0 Å². The van der Waals surface area contributed by atoms with E-state index in [1.807, 2.05) is 13.0 Å². The molecule has 0 bridgehead atoms. The summed E-state index contributed by atoms with van der Waals surface area (Å²) in [4.78, 5) is 13.2. The molecule has 1 aliphatic carbocycles. The Morgan fingerprint density at radius 1 is 1.32 bits per heavy atom. The lowest BCUT2D eigenvalue weighted by Gasteiger charge is -2.40. The van der Waals surface area contributed by atoms with Crippen LogP contribution in [-0.2, 0) is 0 Å². The van der Waals surface area contributed by atoms with Crippen LogP contribution >= 0.6 is 0 Å². The summed E-state index contributed by atoms with van der Waals surface area (Å²) in [6, 6.07) is 1.92. The van der Waals surface area contributed by atoms with Crippen LogP contribution < -0.4 is 4.74 Å². The molecular weight excluding hydrogens is 278 g/mol. The summed E-state index contributed by atoms with van der Waals surface area (Å²) in [5, 5.41) is 9.92. The van der Waals surface area contributed by atoms with Crippen LogP contribution in [0.5, 0.6) is 5.75 Å². The topological polar surface area (TPSA) is 68.1 Å². The molecule has 2 aromatic rings. The Morgan fingerprint density at radius 2 is 2.09 bits per heavy atom. The Kier molecular flexibility index (Phi) is 4.00. The summed E-state index contributed by atoms with van der Waals surface area (Å²) in [5.74, 6) is 1.63. The average molecular weight is 301 g/mol. The van der Waals surface area contributed by atoms with Gasteiger partial charge < -0.3 is 9.84 Å². The second-order valence-electron chi connectivity index (χ2n) is 6.93. The molecule has 1 fully saturated rings. The van der Waals surface area contributed by atoms with Crippen LogP contribution in [0.1, 0.15) is 51.6 Å². The second kappa shape index (κ2) is 5.80. The van der Waals surface area contributed by atoms with E-state index in [0.29, 0.717) is 12.5 Å². The van der Waals surface area contributed by atoms with Gasteiger partial charge in [0.05, 0.1) is 29.6 Å². The van der Waals surface area contributed by atoms with Crippen LogP contribution in [-0.4, -0.2) is 32.3 Å². The maximum absolute atomic E-state index is 9.92. The van der Waals surface area contributed by atoms with Gasteiger partial charge in [0.2, 0.25) is 0 Å². The van der Waals surface area contributed by atoms with Gasteiger partial charge >= 0.3 is 0 Å². The second-order valence-corrected chi connectivity index (χ2v) is 6.93. The highest BCUT2D eigenvalue weighted by Gasteiger charge is 2.40. The predicted octanol–water partition coefficient (Wildman–Crippen LogP) is 3.08. The monoisotopic (exact) mass is 301 g/mol. The highest BCUT2D eigenvalue weighted by atomic mass is 16.5. The molecule has 2 heterocycles. The lowest BCUT2D eigenvalue weighted by molar-refractivity contribution is -0.0320. The molecule has 2 aromatic heterocycles. The third-order valence-corrected chi connectivity index (χ3v) is 4.20. The number of aromatic nitrogens is 3. The lowest BCUT2D eigenvalue weighted by atomic mass is 9.70. The molecule has 0 aromatic carbocycles. The first-order valence-corrected chi connectivity index (χ1v) is 7.90. The fourth-order valence-corrected chi connectivity index (χ4v) is 2.93. The van der Waals surface area contributed by atoms with Gasteiger partial charge in [-0.25, -0.2) is 15.0 Å². The largest absolute Gasteiger partial charge is 0.492 e. The Bertz CT molecular complexity index is 662. The molecule has 5 heteroatoms. The van der Waals surface area contributed by atoms with Crippen LogP contribution in [0, 0.1) is 5.92 Å². The van der Waals surface area contributed by atoms with Gasteiger partial charge in [0.1, 0.15) is 17.6 Å². The number of ether oxygens (including phenoxy) is 1. The third-order valence-electron chi connectivity index (χ3n) is 4.20. The molecule has 0 radical (unpaired) electrons. The van der Waals surface area contributed by atoms with Crippen molar-refractivity contribution in [1.29, 1.82) is 0 Å². The van der Waals surface area contributed by atoms with Crippen molar-refractivity contribution in [2.75, 3.05) is 6.61 Å². The summed E-state index contributed by atoms with van der Waals surface area (Å²) in [6.07, 6.45) is 5.79. The molecule has 118 valence electrons. The molecule has 22 heavy (non-hydrogen) atoms. The molecule has 1 saturated carbocycles. The maximum Gasteiger partial charge on any atom is 0.139 e. The van der Waals surface area contributed by atoms with Crippen LogP contribution in [0.3, 0.4) is 0 Å². The van der Waals surface area contributed by atoms with E-state index in [1.54, 1.807) is 12.5 Å². The fraction of sp³-hybridized carbons (Fsp3) is 0.588. The Morgan fingerprint density at radius 3 is 2.77 bits per heavy atom. The van der Waals surface area contributed by atoms with Gasteiger partial charge in [0.25, 0.3) is 0 Å². The first kappa shape index (κ1) is 15.2. The van der Waals surface area contributed by atoms with Gasteiger partial charge in [0.15, 0.2) is 0 Å². The SMILES string of the molecule is CC(C)CCOc1cnc2c(C3CC(C)(O)C3)ncnc2c1. The first-order chi connectivity index (χ1) is 10.4. The predicted molar refractivity (Wildman–Crippen MR) is 84.9 cm³/mol. The maximum atomic E-state index is 9.92. The summed E-state index contributed by atoms with van der Waals surface area (Å²) >= 11 is 0. The molecule has 0 spiro atoms. The zero-order valence-electron chi connectivity index (χ0n) is 13.4. The number of fused-ring (bicyclic) bond motifs is 1. The van der Waals surface area contributed by atoms with E-state index in [4.69, 9.17) is 4.74 Å². The van der Waals surface area contributed by atoms with E-state index < -0.39 is 5.60 Å². The molecule has 1 N–H and O–H groups in total. The molecule has 0 amide bonds. The number of nitrogens with zero attached hydrogens (tertiary/aromatic N) is 3. The molecular formula is C17H23N3O2. The molecule has 0 saturated heterocycles. The molecule has 5 nitrogen and oxygen atoms in total. The van der Waals surface area contributed by atoms with Crippen molar-refractivity contribution in [3.05, 3.63) is 24.3 Å². The Balaban J connectivity index is 1.79. The average Bonchev–Trinajstić information content (AvgIpc) is 2.43. The van der Waals surface area contributed by atoms with E-state index in [2.05, 4.69) is 28.8 Å². The van der Waals surface area contributed by atoms with Crippen molar-refractivity contribution >= 4 is 11.0 Å². The quantitative estimate of drug-likeness (QED) is 0.919. The fourth-order valence-electron chi connectivity index (χ4n) is 2.93. The third kappa shape index (κ3) is 3.19. The minimum atomic E-state index is -0.568. The van der Waals surface area contributed by atoms with Crippen molar-refractivity contribution in [3.8, 4) is 5.75 Å². The van der Waals surface area contributed by atoms with Gasteiger partial charge in [-0.05, 0) is 32.1 Å². The summed E-state index contributed by atoms with van der Waals surface area (Å²) in [6.45, 7) is 6.90. The number of hydrogen-bond donors (Lipinski definition) is 1. The minimum absolute atomic E-state index is 0.265. The van der Waals surface area contributed by atoms with E-state index in [-0.39, 0.29) is 5.92 Å². The zero-order valence-corrected chi connectivity index (χ0v) is 13.4. The first-order valence-electron chi connectivity index (χ1n) is 7.90. The van der Waals surface area contributed by atoms with Crippen molar-refractivity contribution < 1.29 is 9.84 Å². The van der Waals surface area contributed by atoms with Gasteiger partial charge in [-0.2, -0.15) is 0 Å². The Hall–Kier alpha value is -1.75. The van der Waals surface area contributed by atoms with E-state index in [1.165, 1.54) is 0 Å². The molecule has 0 atom stereocenters. The van der Waals surface area contributed by atoms with Crippen LogP contribution in [0.25, 0.3) is 11.0 Å². The van der Waals surface area contributed by atoms with Gasteiger partial charge in [-0.1, -0.05) is 13.8 Å². The minimum Gasteiger partial charge on any atom is -0.492 e. The lowest BCUT2D eigenvalue weighted by Crippen LogP contribution is -2.39. The normalized spacial score (nSPS) is 24.5. The van der Waals surface area contributed by atoms with Crippen molar-refractivity contribution in [2.45, 2.75) is 51.6 Å². The van der Waals surface area contributed by atoms with Gasteiger partial charge in [-0.3, -0.25) is 0 Å². The molecule has 0 unspecified atom stereocenters. The summed E-state index contributed by atoms with van der Waals surface area (Å²) < 4.78 is 5.74. The van der Waals surface area contributed by atoms with Crippen molar-refractivity contribution in [3.63, 3.8) is 0 Å².